The van der Waals surface area contributed by atoms with Crippen LogP contribution in [0.1, 0.15) is 5.56 Å². The quantitative estimate of drug-likeness (QED) is 0.393. The summed E-state index contributed by atoms with van der Waals surface area (Å²) in [6, 6.07) is 12.7. The van der Waals surface area contributed by atoms with Gasteiger partial charge < -0.3 is 10.1 Å². The molecule has 0 radical (unpaired) electrons. The molecule has 0 aliphatic rings. The number of fused-ring (bicyclic) bond motifs is 3. The van der Waals surface area contributed by atoms with Crippen molar-refractivity contribution >= 4 is 45.8 Å². The van der Waals surface area contributed by atoms with Gasteiger partial charge in [0.2, 0.25) is 0 Å². The largest absolute Gasteiger partial charge is 0.506 e. The van der Waals surface area contributed by atoms with Gasteiger partial charge in [0, 0.05) is 16.5 Å². The van der Waals surface area contributed by atoms with Crippen molar-refractivity contribution in [3.05, 3.63) is 53.1 Å². The van der Waals surface area contributed by atoms with Gasteiger partial charge >= 0.3 is 0 Å². The SMILES string of the molecule is Oc1cccc(/C=N\Nc2nnc3c(n2)[nH]c2ccccc23)c1Cl. The number of hydrazone groups is 1. The predicted molar refractivity (Wildman–Crippen MR) is 93.5 cm³/mol. The Kier molecular flexibility index (Phi) is 3.47. The summed E-state index contributed by atoms with van der Waals surface area (Å²) >= 11 is 5.98. The lowest BCUT2D eigenvalue weighted by atomic mass is 10.2. The first-order valence-electron chi connectivity index (χ1n) is 7.10. The number of aromatic nitrogens is 4. The van der Waals surface area contributed by atoms with Gasteiger partial charge in [-0.3, -0.25) is 0 Å². The molecule has 2 aromatic carbocycles. The number of aromatic hydroxyl groups is 1. The number of benzene rings is 2. The zero-order valence-corrected chi connectivity index (χ0v) is 13.0. The number of anilines is 1. The Labute approximate surface area is 141 Å². The summed E-state index contributed by atoms with van der Waals surface area (Å²) in [5.74, 6) is 0.250. The summed E-state index contributed by atoms with van der Waals surface area (Å²) in [7, 11) is 0. The summed E-state index contributed by atoms with van der Waals surface area (Å²) in [6.07, 6.45) is 1.47. The Morgan fingerprint density at radius 1 is 1.12 bits per heavy atom. The molecule has 0 aliphatic carbocycles. The summed E-state index contributed by atoms with van der Waals surface area (Å²) in [5, 5.41) is 23.0. The Morgan fingerprint density at radius 2 is 2.00 bits per heavy atom. The maximum Gasteiger partial charge on any atom is 0.265 e. The third kappa shape index (κ3) is 2.50. The topological polar surface area (TPSA) is 99.1 Å². The number of phenolic OH excluding ortho intramolecular Hbond substituents is 1. The van der Waals surface area contributed by atoms with E-state index < -0.39 is 0 Å². The minimum atomic E-state index is -0.00183. The van der Waals surface area contributed by atoms with E-state index in [4.69, 9.17) is 11.6 Å². The number of para-hydroxylation sites is 1. The second kappa shape index (κ2) is 5.78. The highest BCUT2D eigenvalue weighted by Gasteiger charge is 2.08. The number of rotatable bonds is 3. The van der Waals surface area contributed by atoms with E-state index in [0.717, 1.165) is 10.9 Å². The van der Waals surface area contributed by atoms with Gasteiger partial charge in [-0.15, -0.1) is 10.2 Å². The number of hydrogen-bond acceptors (Lipinski definition) is 6. The average molecular weight is 339 g/mol. The van der Waals surface area contributed by atoms with E-state index in [2.05, 4.69) is 30.7 Å². The molecule has 4 rings (SSSR count). The first-order valence-corrected chi connectivity index (χ1v) is 7.48. The molecule has 4 aromatic rings. The van der Waals surface area contributed by atoms with Gasteiger partial charge in [0.05, 0.1) is 11.2 Å². The van der Waals surface area contributed by atoms with Gasteiger partial charge in [-0.2, -0.15) is 10.1 Å². The lowest BCUT2D eigenvalue weighted by Crippen LogP contribution is -1.99. The molecule has 0 bridgehead atoms. The predicted octanol–water partition coefficient (Wildman–Crippen LogP) is 3.31. The number of hydrogen-bond donors (Lipinski definition) is 3. The summed E-state index contributed by atoms with van der Waals surface area (Å²) in [6.45, 7) is 0. The van der Waals surface area contributed by atoms with Crippen LogP contribution in [0.25, 0.3) is 22.1 Å². The standard InChI is InChI=1S/C16H11ClN6O/c17-13-9(4-3-7-12(13)24)8-18-22-16-20-15-14(21-23-16)10-5-1-2-6-11(10)19-15/h1-8,24H,(H2,19,20,22,23)/b18-8-. The lowest BCUT2D eigenvalue weighted by Gasteiger charge is -2.00. The molecule has 2 aromatic heterocycles. The lowest BCUT2D eigenvalue weighted by molar-refractivity contribution is 0.475. The monoisotopic (exact) mass is 338 g/mol. The van der Waals surface area contributed by atoms with E-state index in [1.807, 2.05) is 24.3 Å². The van der Waals surface area contributed by atoms with Gasteiger partial charge in [-0.25, -0.2) is 5.43 Å². The van der Waals surface area contributed by atoms with Crippen LogP contribution >= 0.6 is 11.6 Å². The van der Waals surface area contributed by atoms with E-state index in [1.54, 1.807) is 12.1 Å². The van der Waals surface area contributed by atoms with Gasteiger partial charge in [-0.1, -0.05) is 41.9 Å². The highest BCUT2D eigenvalue weighted by atomic mass is 35.5. The Morgan fingerprint density at radius 3 is 2.92 bits per heavy atom. The highest BCUT2D eigenvalue weighted by molar-refractivity contribution is 6.34. The molecule has 0 spiro atoms. The Hall–Kier alpha value is -3.19. The van der Waals surface area contributed by atoms with Crippen LogP contribution in [0.15, 0.2) is 47.6 Å². The third-order valence-corrected chi connectivity index (χ3v) is 3.91. The van der Waals surface area contributed by atoms with Crippen LogP contribution in [0.2, 0.25) is 5.02 Å². The molecule has 0 aliphatic heterocycles. The van der Waals surface area contributed by atoms with Crippen molar-refractivity contribution in [3.63, 3.8) is 0 Å². The molecule has 0 fully saturated rings. The second-order valence-electron chi connectivity index (χ2n) is 5.05. The zero-order valence-electron chi connectivity index (χ0n) is 12.2. The van der Waals surface area contributed by atoms with Crippen LogP contribution in [0.4, 0.5) is 5.95 Å². The van der Waals surface area contributed by atoms with Gasteiger partial charge in [0.25, 0.3) is 5.95 Å². The van der Waals surface area contributed by atoms with Gasteiger partial charge in [0.15, 0.2) is 5.65 Å². The molecule has 118 valence electrons. The summed E-state index contributed by atoms with van der Waals surface area (Å²) < 4.78 is 0. The number of aromatic amines is 1. The van der Waals surface area contributed by atoms with Crippen molar-refractivity contribution in [3.8, 4) is 5.75 Å². The van der Waals surface area contributed by atoms with E-state index in [1.165, 1.54) is 12.3 Å². The molecule has 0 unspecified atom stereocenters. The maximum atomic E-state index is 9.55. The van der Waals surface area contributed by atoms with Crippen molar-refractivity contribution in [1.82, 2.24) is 20.2 Å². The molecule has 2 heterocycles. The molecular formula is C16H11ClN6O. The van der Waals surface area contributed by atoms with Gasteiger partial charge in [-0.05, 0) is 12.1 Å². The molecule has 8 heteroatoms. The smallest absolute Gasteiger partial charge is 0.265 e. The number of nitrogens with zero attached hydrogens (tertiary/aromatic N) is 4. The minimum Gasteiger partial charge on any atom is -0.506 e. The molecule has 24 heavy (non-hydrogen) atoms. The first kappa shape index (κ1) is 14.4. The third-order valence-electron chi connectivity index (χ3n) is 3.50. The summed E-state index contributed by atoms with van der Waals surface area (Å²) in [4.78, 5) is 7.53. The van der Waals surface area contributed by atoms with Gasteiger partial charge in [0.1, 0.15) is 11.3 Å². The molecule has 0 saturated carbocycles. The van der Waals surface area contributed by atoms with Crippen LogP contribution in [-0.4, -0.2) is 31.5 Å². The van der Waals surface area contributed by atoms with Crippen LogP contribution in [0, 0.1) is 0 Å². The van der Waals surface area contributed by atoms with E-state index in [9.17, 15) is 5.11 Å². The summed E-state index contributed by atoms with van der Waals surface area (Å²) in [5.41, 5.74) is 5.55. The van der Waals surface area contributed by atoms with E-state index >= 15 is 0 Å². The van der Waals surface area contributed by atoms with Crippen LogP contribution < -0.4 is 5.43 Å². The van der Waals surface area contributed by atoms with Crippen LogP contribution in [0.3, 0.4) is 0 Å². The highest BCUT2D eigenvalue weighted by Crippen LogP contribution is 2.25. The molecular weight excluding hydrogens is 328 g/mol. The fraction of sp³-hybridized carbons (Fsp3) is 0. The van der Waals surface area contributed by atoms with Crippen molar-refractivity contribution in [2.24, 2.45) is 5.10 Å². The fourth-order valence-corrected chi connectivity index (χ4v) is 2.54. The molecule has 0 saturated heterocycles. The fourth-order valence-electron chi connectivity index (χ4n) is 2.36. The van der Waals surface area contributed by atoms with Crippen molar-refractivity contribution in [2.75, 3.05) is 5.43 Å². The van der Waals surface area contributed by atoms with E-state index in [0.29, 0.717) is 16.7 Å². The average Bonchev–Trinajstić information content (AvgIpc) is 2.96. The second-order valence-corrected chi connectivity index (χ2v) is 5.43. The number of H-pyrrole nitrogens is 1. The number of phenols is 1. The maximum absolute atomic E-state index is 9.55. The molecule has 0 amide bonds. The number of nitrogens with one attached hydrogen (secondary N) is 2. The van der Waals surface area contributed by atoms with Crippen molar-refractivity contribution in [1.29, 1.82) is 0 Å². The van der Waals surface area contributed by atoms with Crippen molar-refractivity contribution in [2.45, 2.75) is 0 Å². The van der Waals surface area contributed by atoms with Crippen LogP contribution in [0.5, 0.6) is 5.75 Å². The first-order chi connectivity index (χ1) is 11.7. The molecule has 0 atom stereocenters. The molecule has 3 N–H and O–H groups in total. The number of halogens is 1. The van der Waals surface area contributed by atoms with Crippen LogP contribution in [-0.2, 0) is 0 Å². The molecule has 7 nitrogen and oxygen atoms in total. The Balaban J connectivity index is 1.61. The van der Waals surface area contributed by atoms with Crippen molar-refractivity contribution < 1.29 is 5.11 Å². The van der Waals surface area contributed by atoms with E-state index in [-0.39, 0.29) is 16.7 Å². The zero-order chi connectivity index (χ0) is 16.5. The minimum absolute atomic E-state index is 0.00183. The Bertz CT molecular complexity index is 1070. The normalized spacial score (nSPS) is 11.5.